The van der Waals surface area contributed by atoms with Crippen molar-refractivity contribution in [3.63, 3.8) is 0 Å². The molecule has 2 amide bonds. The maximum Gasteiger partial charge on any atom is 0.258 e. The van der Waals surface area contributed by atoms with Gasteiger partial charge >= 0.3 is 0 Å². The molecule has 2 aromatic rings. The van der Waals surface area contributed by atoms with E-state index in [0.29, 0.717) is 11.5 Å². The first-order valence-corrected chi connectivity index (χ1v) is 12.7. The molecule has 0 N–H and O–H groups in total. The normalized spacial score (nSPS) is 22.2. The third-order valence-corrected chi connectivity index (χ3v) is 7.85. The van der Waals surface area contributed by atoms with Gasteiger partial charge in [-0.25, -0.2) is 0 Å². The number of nitrogens with zero attached hydrogens (tertiary/aromatic N) is 3. The highest BCUT2D eigenvalue weighted by atomic mass is 16.2. The molecule has 1 unspecified atom stereocenters. The molecule has 174 valence electrons. The summed E-state index contributed by atoms with van der Waals surface area (Å²) in [5.41, 5.74) is 3.83. The van der Waals surface area contributed by atoms with Crippen molar-refractivity contribution < 1.29 is 9.59 Å². The van der Waals surface area contributed by atoms with Gasteiger partial charge in [0.1, 0.15) is 0 Å². The van der Waals surface area contributed by atoms with Gasteiger partial charge in [-0.3, -0.25) is 14.5 Å². The minimum atomic E-state index is -0.00992. The highest BCUT2D eigenvalue weighted by Gasteiger charge is 2.37. The lowest BCUT2D eigenvalue weighted by Gasteiger charge is -2.24. The SMILES string of the molecule is CN(C(=O)c1ccc(C2CCCCC2)cc1)c1ccc(N2CCC(N3CCCC3)C2=O)cc1. The lowest BCUT2D eigenvalue weighted by atomic mass is 9.84. The third kappa shape index (κ3) is 4.56. The van der Waals surface area contributed by atoms with Crippen molar-refractivity contribution in [1.82, 2.24) is 4.90 Å². The Balaban J connectivity index is 1.23. The van der Waals surface area contributed by atoms with Crippen LogP contribution in [-0.4, -0.2) is 49.4 Å². The van der Waals surface area contributed by atoms with Crippen LogP contribution in [0.3, 0.4) is 0 Å². The number of benzene rings is 2. The van der Waals surface area contributed by atoms with Gasteiger partial charge < -0.3 is 9.80 Å². The summed E-state index contributed by atoms with van der Waals surface area (Å²) in [6, 6.07) is 16.1. The average Bonchev–Trinajstić information content (AvgIpc) is 3.54. The van der Waals surface area contributed by atoms with Crippen LogP contribution >= 0.6 is 0 Å². The van der Waals surface area contributed by atoms with Crippen LogP contribution in [0, 0.1) is 0 Å². The van der Waals surface area contributed by atoms with Gasteiger partial charge in [0.2, 0.25) is 5.91 Å². The van der Waals surface area contributed by atoms with E-state index in [9.17, 15) is 9.59 Å². The van der Waals surface area contributed by atoms with Crippen molar-refractivity contribution >= 4 is 23.2 Å². The fourth-order valence-electron chi connectivity index (χ4n) is 5.81. The van der Waals surface area contributed by atoms with Gasteiger partial charge in [0.05, 0.1) is 6.04 Å². The van der Waals surface area contributed by atoms with E-state index in [-0.39, 0.29) is 17.9 Å². The summed E-state index contributed by atoms with van der Waals surface area (Å²) >= 11 is 0. The van der Waals surface area contributed by atoms with Gasteiger partial charge in [-0.2, -0.15) is 0 Å². The number of hydrogen-bond donors (Lipinski definition) is 0. The zero-order valence-corrected chi connectivity index (χ0v) is 19.7. The molecule has 2 heterocycles. The number of likely N-dealkylation sites (tertiary alicyclic amines) is 1. The molecule has 33 heavy (non-hydrogen) atoms. The molecular formula is C28H35N3O2. The van der Waals surface area contributed by atoms with E-state index in [1.165, 1.54) is 50.5 Å². The summed E-state index contributed by atoms with van der Waals surface area (Å²) in [6.45, 7) is 2.84. The maximum absolute atomic E-state index is 13.1. The predicted octanol–water partition coefficient (Wildman–Crippen LogP) is 5.21. The van der Waals surface area contributed by atoms with Crippen LogP contribution in [0.25, 0.3) is 0 Å². The van der Waals surface area contributed by atoms with Crippen LogP contribution in [0.15, 0.2) is 48.5 Å². The molecule has 5 rings (SSSR count). The molecule has 1 aliphatic carbocycles. The Hall–Kier alpha value is -2.66. The van der Waals surface area contributed by atoms with Crippen molar-refractivity contribution in [2.24, 2.45) is 0 Å². The minimum absolute atomic E-state index is 0.00992. The standard InChI is InChI=1S/C28H35N3O2/c1-29(27(32)23-11-9-22(10-12-23)21-7-3-2-4-8-21)24-13-15-25(16-14-24)31-20-17-26(28(31)33)30-18-5-6-19-30/h9-16,21,26H,2-8,17-20H2,1H3. The maximum atomic E-state index is 13.1. The van der Waals surface area contributed by atoms with Gasteiger partial charge in [-0.15, -0.1) is 0 Å². The quantitative estimate of drug-likeness (QED) is 0.634. The Kier molecular flexibility index (Phi) is 6.50. The zero-order chi connectivity index (χ0) is 22.8. The van der Waals surface area contributed by atoms with Gasteiger partial charge in [-0.1, -0.05) is 31.4 Å². The van der Waals surface area contributed by atoms with Crippen LogP contribution < -0.4 is 9.80 Å². The van der Waals surface area contributed by atoms with E-state index in [2.05, 4.69) is 17.0 Å². The number of rotatable bonds is 5. The molecule has 3 fully saturated rings. The average molecular weight is 446 g/mol. The number of carbonyl (C=O) groups is 2. The summed E-state index contributed by atoms with van der Waals surface area (Å²) in [5, 5.41) is 0. The van der Waals surface area contributed by atoms with Crippen LogP contribution in [0.1, 0.15) is 73.2 Å². The van der Waals surface area contributed by atoms with Crippen molar-refractivity contribution in [3.05, 3.63) is 59.7 Å². The Labute approximate surface area is 197 Å². The Morgan fingerprint density at radius 1 is 0.818 bits per heavy atom. The molecule has 1 saturated carbocycles. The van der Waals surface area contributed by atoms with Crippen LogP contribution in [0.4, 0.5) is 11.4 Å². The Morgan fingerprint density at radius 2 is 1.48 bits per heavy atom. The summed E-state index contributed by atoms with van der Waals surface area (Å²) in [5.74, 6) is 0.850. The minimum Gasteiger partial charge on any atom is -0.311 e. The molecule has 5 heteroatoms. The third-order valence-electron chi connectivity index (χ3n) is 7.85. The van der Waals surface area contributed by atoms with E-state index >= 15 is 0 Å². The Morgan fingerprint density at radius 3 is 2.15 bits per heavy atom. The Bertz CT molecular complexity index is 973. The molecule has 0 aromatic heterocycles. The van der Waals surface area contributed by atoms with Crippen molar-refractivity contribution in [2.45, 2.75) is 63.3 Å². The van der Waals surface area contributed by atoms with E-state index < -0.39 is 0 Å². The van der Waals surface area contributed by atoms with Crippen LogP contribution in [0.5, 0.6) is 0 Å². The number of amides is 2. The van der Waals surface area contributed by atoms with Gasteiger partial charge in [-0.05, 0) is 93.1 Å². The predicted molar refractivity (Wildman–Crippen MR) is 133 cm³/mol. The summed E-state index contributed by atoms with van der Waals surface area (Å²) in [4.78, 5) is 32.0. The van der Waals surface area contributed by atoms with Crippen LogP contribution in [-0.2, 0) is 4.79 Å². The fourth-order valence-corrected chi connectivity index (χ4v) is 5.81. The van der Waals surface area contributed by atoms with Crippen molar-refractivity contribution in [1.29, 1.82) is 0 Å². The van der Waals surface area contributed by atoms with E-state index in [4.69, 9.17) is 0 Å². The molecule has 0 spiro atoms. The first-order valence-electron chi connectivity index (χ1n) is 12.7. The number of carbonyl (C=O) groups excluding carboxylic acids is 2. The summed E-state index contributed by atoms with van der Waals surface area (Å²) in [7, 11) is 1.82. The van der Waals surface area contributed by atoms with Crippen molar-refractivity contribution in [2.75, 3.05) is 36.5 Å². The topological polar surface area (TPSA) is 43.9 Å². The highest BCUT2D eigenvalue weighted by Crippen LogP contribution is 2.33. The van der Waals surface area contributed by atoms with Crippen LogP contribution in [0.2, 0.25) is 0 Å². The molecule has 0 bridgehead atoms. The second kappa shape index (κ2) is 9.68. The summed E-state index contributed by atoms with van der Waals surface area (Å²) in [6.07, 6.45) is 9.79. The zero-order valence-electron chi connectivity index (χ0n) is 19.7. The molecule has 2 aromatic carbocycles. The largest absolute Gasteiger partial charge is 0.311 e. The smallest absolute Gasteiger partial charge is 0.258 e. The second-order valence-corrected chi connectivity index (χ2v) is 9.87. The van der Waals surface area contributed by atoms with E-state index in [1.807, 2.05) is 48.3 Å². The van der Waals surface area contributed by atoms with E-state index in [0.717, 1.165) is 37.4 Å². The number of anilines is 2. The van der Waals surface area contributed by atoms with E-state index in [1.54, 1.807) is 4.90 Å². The number of hydrogen-bond acceptors (Lipinski definition) is 3. The molecular weight excluding hydrogens is 410 g/mol. The summed E-state index contributed by atoms with van der Waals surface area (Å²) < 4.78 is 0. The lowest BCUT2D eigenvalue weighted by Crippen LogP contribution is -2.40. The molecule has 5 nitrogen and oxygen atoms in total. The molecule has 3 aliphatic rings. The first-order chi connectivity index (χ1) is 16.1. The van der Waals surface area contributed by atoms with Gasteiger partial charge in [0.25, 0.3) is 5.91 Å². The lowest BCUT2D eigenvalue weighted by molar-refractivity contribution is -0.121. The molecule has 0 radical (unpaired) electrons. The van der Waals surface area contributed by atoms with Crippen molar-refractivity contribution in [3.8, 4) is 0 Å². The van der Waals surface area contributed by atoms with Gasteiger partial charge in [0, 0.05) is 30.5 Å². The second-order valence-electron chi connectivity index (χ2n) is 9.87. The highest BCUT2D eigenvalue weighted by molar-refractivity contribution is 6.06. The molecule has 2 saturated heterocycles. The first kappa shape index (κ1) is 22.1. The molecule has 2 aliphatic heterocycles. The fraction of sp³-hybridized carbons (Fsp3) is 0.500. The molecule has 1 atom stereocenters. The van der Waals surface area contributed by atoms with Gasteiger partial charge in [0.15, 0.2) is 0 Å². The monoisotopic (exact) mass is 445 g/mol.